The van der Waals surface area contributed by atoms with E-state index in [9.17, 15) is 33.3 Å². The highest BCUT2D eigenvalue weighted by Gasteiger charge is 2.31. The second kappa shape index (κ2) is 5.30. The highest BCUT2D eigenvalue weighted by atomic mass is 19.4. The molecule has 0 fully saturated rings. The maximum absolute atomic E-state index is 12.8. The highest BCUT2D eigenvalue weighted by Crippen LogP contribution is 2.37. The Hall–Kier alpha value is -2.96. The molecule has 0 radical (unpaired) electrons. The molecule has 0 aliphatic heterocycles. The lowest BCUT2D eigenvalue weighted by molar-refractivity contribution is -0.137. The molecule has 0 unspecified atom stereocenters. The molecule has 1 aliphatic rings. The molecule has 0 saturated heterocycles. The third-order valence-electron chi connectivity index (χ3n) is 3.80. The predicted molar refractivity (Wildman–Crippen MR) is 78.9 cm³/mol. The van der Waals surface area contributed by atoms with Crippen molar-refractivity contribution < 1.29 is 33.3 Å². The fraction of sp³-hybridized carbons (Fsp3) is 0.118. The third-order valence-corrected chi connectivity index (χ3v) is 3.80. The number of aromatic hydroxyl groups is 3. The summed E-state index contributed by atoms with van der Waals surface area (Å²) in [5.41, 5.74) is -0.291. The zero-order chi connectivity index (χ0) is 17.6. The molecule has 0 spiro atoms. The van der Waals surface area contributed by atoms with Gasteiger partial charge in [-0.1, -0.05) is 0 Å². The van der Waals surface area contributed by atoms with Gasteiger partial charge < -0.3 is 15.3 Å². The van der Waals surface area contributed by atoms with Gasteiger partial charge >= 0.3 is 6.18 Å². The van der Waals surface area contributed by atoms with E-state index in [0.29, 0.717) is 5.56 Å². The van der Waals surface area contributed by atoms with Crippen LogP contribution in [0.1, 0.15) is 27.0 Å². The van der Waals surface area contributed by atoms with Crippen molar-refractivity contribution in [3.05, 3.63) is 58.2 Å². The van der Waals surface area contributed by atoms with Gasteiger partial charge in [-0.05, 0) is 42.0 Å². The van der Waals surface area contributed by atoms with Crippen molar-refractivity contribution in [2.24, 2.45) is 0 Å². The van der Waals surface area contributed by atoms with Crippen LogP contribution >= 0.6 is 0 Å². The number of benzene rings is 2. The number of alkyl halides is 3. The van der Waals surface area contributed by atoms with Gasteiger partial charge in [-0.25, -0.2) is 0 Å². The first-order chi connectivity index (χ1) is 11.2. The summed E-state index contributed by atoms with van der Waals surface area (Å²) in [4.78, 5) is 12.3. The van der Waals surface area contributed by atoms with Crippen LogP contribution in [0.5, 0.6) is 17.2 Å². The van der Waals surface area contributed by atoms with Crippen LogP contribution in [0.15, 0.2) is 35.9 Å². The first-order valence-electron chi connectivity index (χ1n) is 6.87. The number of Topliss-reactive ketones (excluding diaryl/α,β-unsaturated/α-hetero) is 1. The number of phenols is 3. The van der Waals surface area contributed by atoms with Gasteiger partial charge in [0.05, 0.1) is 5.56 Å². The van der Waals surface area contributed by atoms with Gasteiger partial charge in [0.15, 0.2) is 17.3 Å². The first-order valence-corrected chi connectivity index (χ1v) is 6.87. The van der Waals surface area contributed by atoms with Crippen LogP contribution in [0.2, 0.25) is 0 Å². The summed E-state index contributed by atoms with van der Waals surface area (Å²) >= 11 is 0. The Morgan fingerprint density at radius 3 is 2.29 bits per heavy atom. The largest absolute Gasteiger partial charge is 0.507 e. The minimum Gasteiger partial charge on any atom is -0.507 e. The maximum Gasteiger partial charge on any atom is 0.416 e. The number of carbonyl (C=O) groups excluding carboxylic acids is 1. The number of ketones is 1. The van der Waals surface area contributed by atoms with Gasteiger partial charge in [0, 0.05) is 23.1 Å². The van der Waals surface area contributed by atoms with Crippen LogP contribution < -0.4 is 0 Å². The molecular weight excluding hydrogens is 325 g/mol. The summed E-state index contributed by atoms with van der Waals surface area (Å²) in [5.74, 6) is -1.70. The monoisotopic (exact) mass is 336 g/mol. The Labute approximate surface area is 134 Å². The van der Waals surface area contributed by atoms with Crippen LogP contribution in [-0.2, 0) is 12.6 Å². The van der Waals surface area contributed by atoms with Crippen molar-refractivity contribution in [2.45, 2.75) is 12.6 Å². The molecule has 0 bridgehead atoms. The molecule has 0 heterocycles. The minimum absolute atomic E-state index is 0.0810. The van der Waals surface area contributed by atoms with Crippen LogP contribution in [0.4, 0.5) is 13.2 Å². The van der Waals surface area contributed by atoms with E-state index in [4.69, 9.17) is 0 Å². The molecule has 0 saturated carbocycles. The molecule has 4 nitrogen and oxygen atoms in total. The third kappa shape index (κ3) is 2.68. The molecule has 0 atom stereocenters. The van der Waals surface area contributed by atoms with E-state index in [0.717, 1.165) is 24.3 Å². The smallest absolute Gasteiger partial charge is 0.416 e. The lowest BCUT2D eigenvalue weighted by atomic mass is 10.0. The minimum atomic E-state index is -4.57. The Kier molecular flexibility index (Phi) is 3.51. The molecule has 2 aromatic rings. The second-order valence-electron chi connectivity index (χ2n) is 5.44. The lowest BCUT2D eigenvalue weighted by Gasteiger charge is -2.08. The van der Waals surface area contributed by atoms with Crippen LogP contribution in [-0.4, -0.2) is 21.1 Å². The van der Waals surface area contributed by atoms with Gasteiger partial charge in [-0.2, -0.15) is 13.2 Å². The van der Waals surface area contributed by atoms with Crippen LogP contribution in [0.25, 0.3) is 6.08 Å². The van der Waals surface area contributed by atoms with Gasteiger partial charge in [-0.15, -0.1) is 0 Å². The zero-order valence-electron chi connectivity index (χ0n) is 12.1. The van der Waals surface area contributed by atoms with E-state index in [2.05, 4.69) is 0 Å². The molecule has 0 amide bonds. The summed E-state index contributed by atoms with van der Waals surface area (Å²) in [6.45, 7) is 0. The number of halogens is 3. The number of fused-ring (bicyclic) bond motifs is 1. The number of allylic oxidation sites excluding steroid dienone is 1. The normalized spacial score (nSPS) is 15.8. The van der Waals surface area contributed by atoms with E-state index < -0.39 is 23.3 Å². The molecule has 3 rings (SSSR count). The fourth-order valence-corrected chi connectivity index (χ4v) is 2.59. The summed E-state index contributed by atoms with van der Waals surface area (Å²) < 4.78 is 38.3. The summed E-state index contributed by atoms with van der Waals surface area (Å²) in [7, 11) is 0. The van der Waals surface area contributed by atoms with Crippen molar-refractivity contribution in [3.8, 4) is 17.2 Å². The second-order valence-corrected chi connectivity index (χ2v) is 5.44. The average Bonchev–Trinajstić information content (AvgIpc) is 2.77. The summed E-state index contributed by atoms with van der Waals surface area (Å²) in [6, 6.07) is 4.76. The fourth-order valence-electron chi connectivity index (χ4n) is 2.59. The van der Waals surface area contributed by atoms with Crippen molar-refractivity contribution in [2.75, 3.05) is 0 Å². The van der Waals surface area contributed by atoms with Crippen molar-refractivity contribution in [1.29, 1.82) is 0 Å². The lowest BCUT2D eigenvalue weighted by Crippen LogP contribution is -2.05. The SMILES string of the molecule is O=C1C(=Cc2cc(C(F)(F)F)ccc2O)Cc2cc(O)c(O)cc21. The Bertz CT molecular complexity index is 882. The van der Waals surface area contributed by atoms with E-state index in [1.807, 2.05) is 0 Å². The van der Waals surface area contributed by atoms with Crippen molar-refractivity contribution in [3.63, 3.8) is 0 Å². The number of phenolic OH excluding ortho intramolecular Hbond substituents is 3. The highest BCUT2D eigenvalue weighted by molar-refractivity contribution is 6.16. The topological polar surface area (TPSA) is 77.8 Å². The number of hydrogen-bond donors (Lipinski definition) is 3. The van der Waals surface area contributed by atoms with Gasteiger partial charge in [0.25, 0.3) is 0 Å². The molecule has 0 aromatic heterocycles. The van der Waals surface area contributed by atoms with Crippen molar-refractivity contribution >= 4 is 11.9 Å². The van der Waals surface area contributed by atoms with Crippen LogP contribution in [0, 0.1) is 0 Å². The van der Waals surface area contributed by atoms with E-state index >= 15 is 0 Å². The standard InChI is InChI=1S/C17H11F3O4/c18-17(19,20)11-1-2-13(21)9(5-11)4-10-3-8-6-14(22)15(23)7-12(8)16(10)24/h1-2,4-7,21-23H,3H2. The van der Waals surface area contributed by atoms with Crippen molar-refractivity contribution in [1.82, 2.24) is 0 Å². The van der Waals surface area contributed by atoms with E-state index in [1.54, 1.807) is 0 Å². The van der Waals surface area contributed by atoms with Crippen LogP contribution in [0.3, 0.4) is 0 Å². The average molecular weight is 336 g/mol. The van der Waals surface area contributed by atoms with Gasteiger partial charge in [0.1, 0.15) is 5.75 Å². The molecular formula is C17H11F3O4. The summed E-state index contributed by atoms with van der Waals surface area (Å²) in [5, 5.41) is 28.7. The predicted octanol–water partition coefficient (Wildman–Crippen LogP) is 3.64. The molecule has 7 heteroatoms. The van der Waals surface area contributed by atoms with Gasteiger partial charge in [-0.3, -0.25) is 4.79 Å². The summed E-state index contributed by atoms with van der Waals surface area (Å²) in [6.07, 6.45) is -3.31. The molecule has 124 valence electrons. The quantitative estimate of drug-likeness (QED) is 0.549. The van der Waals surface area contributed by atoms with E-state index in [1.165, 1.54) is 12.1 Å². The molecule has 2 aromatic carbocycles. The first kappa shape index (κ1) is 15.9. The number of hydrogen-bond acceptors (Lipinski definition) is 4. The molecule has 1 aliphatic carbocycles. The number of rotatable bonds is 1. The van der Waals surface area contributed by atoms with E-state index in [-0.39, 0.29) is 34.6 Å². The Morgan fingerprint density at radius 2 is 1.62 bits per heavy atom. The maximum atomic E-state index is 12.8. The zero-order valence-corrected chi connectivity index (χ0v) is 12.1. The number of carbonyl (C=O) groups is 1. The molecule has 24 heavy (non-hydrogen) atoms. The Morgan fingerprint density at radius 1 is 0.958 bits per heavy atom. The Balaban J connectivity index is 2.03. The molecule has 3 N–H and O–H groups in total. The van der Waals surface area contributed by atoms with Gasteiger partial charge in [0.2, 0.25) is 0 Å².